The molecule has 1 heterocycles. The molecule has 2 rings (SSSR count). The maximum absolute atomic E-state index is 6.11. The van der Waals surface area contributed by atoms with Crippen molar-refractivity contribution in [2.75, 3.05) is 20.6 Å². The van der Waals surface area contributed by atoms with Crippen molar-refractivity contribution in [1.29, 1.82) is 0 Å². The van der Waals surface area contributed by atoms with Gasteiger partial charge in [-0.2, -0.15) is 0 Å². The topological polar surface area (TPSA) is 15.6 Å². The van der Waals surface area contributed by atoms with Gasteiger partial charge in [-0.15, -0.1) is 0 Å². The summed E-state index contributed by atoms with van der Waals surface area (Å²) < 4.78 is 0. The highest BCUT2D eigenvalue weighted by Crippen LogP contribution is 2.39. The van der Waals surface area contributed by atoms with Gasteiger partial charge in [0.1, 0.15) is 5.84 Å². The first-order chi connectivity index (χ1) is 7.22. The van der Waals surface area contributed by atoms with Crippen molar-refractivity contribution in [2.24, 2.45) is 16.8 Å². The molecule has 1 saturated heterocycles. The zero-order valence-corrected chi connectivity index (χ0v) is 9.95. The predicted octanol–water partition coefficient (Wildman–Crippen LogP) is 2.11. The van der Waals surface area contributed by atoms with Crippen LogP contribution in [0.2, 0.25) is 5.82 Å². The fraction of sp³-hybridized carbons (Fsp3) is 0.917. The Morgan fingerprint density at radius 2 is 2.13 bits per heavy atom. The lowest BCUT2D eigenvalue weighted by Gasteiger charge is -2.38. The van der Waals surface area contributed by atoms with Gasteiger partial charge in [-0.3, -0.25) is 4.99 Å². The van der Waals surface area contributed by atoms with Crippen molar-refractivity contribution in [3.05, 3.63) is 0 Å². The molecule has 2 nitrogen and oxygen atoms in total. The quantitative estimate of drug-likeness (QED) is 0.552. The van der Waals surface area contributed by atoms with Crippen LogP contribution in [-0.2, 0) is 0 Å². The number of fused-ring (bicyclic) bond motifs is 1. The smallest absolute Gasteiger partial charge is 0.102 e. The highest BCUT2D eigenvalue weighted by atomic mass is 15.2. The summed E-state index contributed by atoms with van der Waals surface area (Å²) in [7, 11) is 10.2. The third kappa shape index (κ3) is 2.21. The maximum Gasteiger partial charge on any atom is 0.102 e. The van der Waals surface area contributed by atoms with E-state index in [1.165, 1.54) is 37.9 Å². The van der Waals surface area contributed by atoms with Gasteiger partial charge < -0.3 is 4.90 Å². The summed E-state index contributed by atoms with van der Waals surface area (Å²) in [6.07, 6.45) is 6.27. The molecule has 2 fully saturated rings. The largest absolute Gasteiger partial charge is 0.363 e. The molecule has 0 bridgehead atoms. The zero-order valence-electron chi connectivity index (χ0n) is 9.95. The summed E-state index contributed by atoms with van der Waals surface area (Å²) in [6, 6.07) is 0. The number of piperidine rings is 1. The minimum absolute atomic E-state index is 0.432. The monoisotopic (exact) mass is 204 g/mol. The van der Waals surface area contributed by atoms with Crippen LogP contribution < -0.4 is 0 Å². The van der Waals surface area contributed by atoms with E-state index in [0.29, 0.717) is 11.7 Å². The second-order valence-corrected chi connectivity index (χ2v) is 5.09. The molecule has 2 aliphatic rings. The molecule has 2 radical (unpaired) electrons. The number of rotatable bonds is 0. The Labute approximate surface area is 94.5 Å². The Morgan fingerprint density at radius 3 is 2.87 bits per heavy atom. The minimum atomic E-state index is 0.432. The van der Waals surface area contributed by atoms with Gasteiger partial charge in [-0.1, -0.05) is 25.1 Å². The Balaban J connectivity index is 2.15. The van der Waals surface area contributed by atoms with Crippen LogP contribution in [0.3, 0.4) is 0 Å². The number of amidine groups is 1. The summed E-state index contributed by atoms with van der Waals surface area (Å²) >= 11 is 0. The van der Waals surface area contributed by atoms with Crippen LogP contribution in [0.5, 0.6) is 0 Å². The van der Waals surface area contributed by atoms with Gasteiger partial charge in [-0.05, 0) is 18.8 Å². The fourth-order valence-corrected chi connectivity index (χ4v) is 3.26. The van der Waals surface area contributed by atoms with Crippen LogP contribution in [0.15, 0.2) is 4.99 Å². The van der Waals surface area contributed by atoms with Crippen molar-refractivity contribution < 1.29 is 0 Å². The van der Waals surface area contributed by atoms with Crippen LogP contribution >= 0.6 is 0 Å². The minimum Gasteiger partial charge on any atom is -0.363 e. The van der Waals surface area contributed by atoms with Gasteiger partial charge in [-0.25, -0.2) is 0 Å². The second kappa shape index (κ2) is 4.59. The first kappa shape index (κ1) is 11.0. The van der Waals surface area contributed by atoms with E-state index in [9.17, 15) is 0 Å². The third-order valence-electron chi connectivity index (χ3n) is 4.05. The first-order valence-electron chi connectivity index (χ1n) is 6.15. The Morgan fingerprint density at radius 1 is 1.33 bits per heavy atom. The number of hydrogen-bond acceptors (Lipinski definition) is 1. The van der Waals surface area contributed by atoms with E-state index < -0.39 is 0 Å². The molecular formula is C12H21BN2. The Hall–Kier alpha value is -0.465. The molecular weight excluding hydrogens is 183 g/mol. The molecule has 3 heteroatoms. The van der Waals surface area contributed by atoms with E-state index in [-0.39, 0.29) is 0 Å². The van der Waals surface area contributed by atoms with Crippen LogP contribution in [0.1, 0.15) is 32.1 Å². The van der Waals surface area contributed by atoms with Gasteiger partial charge in [0.2, 0.25) is 0 Å². The number of likely N-dealkylation sites (tertiary alicyclic amines) is 1. The summed E-state index contributed by atoms with van der Waals surface area (Å²) in [5.41, 5.74) is 0. The summed E-state index contributed by atoms with van der Waals surface area (Å²) in [4.78, 5) is 6.81. The number of hydrogen-bond donors (Lipinski definition) is 0. The molecule has 1 aliphatic carbocycles. The second-order valence-electron chi connectivity index (χ2n) is 5.09. The highest BCUT2D eigenvalue weighted by molar-refractivity contribution is 6.11. The zero-order chi connectivity index (χ0) is 10.8. The van der Waals surface area contributed by atoms with Gasteiger partial charge in [0.25, 0.3) is 0 Å². The van der Waals surface area contributed by atoms with E-state index in [1.54, 1.807) is 0 Å². The first-order valence-corrected chi connectivity index (χ1v) is 6.15. The maximum atomic E-state index is 6.11. The van der Waals surface area contributed by atoms with Gasteiger partial charge in [0.15, 0.2) is 0 Å². The standard InChI is InChI=1S/C12H21BN2/c1-14-12-11-5-3-4-10(13)8-9(11)6-7-15(12)2/h9-11H,3-8H2,1-2H3. The summed E-state index contributed by atoms with van der Waals surface area (Å²) in [6.45, 7) is 1.15. The lowest BCUT2D eigenvalue weighted by Crippen LogP contribution is -2.43. The van der Waals surface area contributed by atoms with Crippen molar-refractivity contribution in [3.8, 4) is 0 Å². The molecule has 3 unspecified atom stereocenters. The molecule has 1 aliphatic heterocycles. The molecule has 82 valence electrons. The van der Waals surface area contributed by atoms with E-state index >= 15 is 0 Å². The normalized spacial score (nSPS) is 40.0. The average Bonchev–Trinajstić information content (AvgIpc) is 2.39. The average molecular weight is 204 g/mol. The highest BCUT2D eigenvalue weighted by Gasteiger charge is 2.34. The van der Waals surface area contributed by atoms with Crippen molar-refractivity contribution in [3.63, 3.8) is 0 Å². The Bertz CT molecular complexity index is 252. The SMILES string of the molecule is [B]C1CCCC2C(=NC)N(C)CCC2C1. The van der Waals surface area contributed by atoms with Gasteiger partial charge in [0.05, 0.1) is 7.85 Å². The summed E-state index contributed by atoms with van der Waals surface area (Å²) in [5.74, 6) is 3.22. The fourth-order valence-electron chi connectivity index (χ4n) is 3.26. The molecule has 0 amide bonds. The number of aliphatic imine (C=N–C) groups is 1. The van der Waals surface area contributed by atoms with Crippen molar-refractivity contribution >= 4 is 13.7 Å². The van der Waals surface area contributed by atoms with E-state index in [0.717, 1.165) is 12.5 Å². The molecule has 1 saturated carbocycles. The van der Waals surface area contributed by atoms with Crippen molar-refractivity contribution in [2.45, 2.75) is 37.9 Å². The lowest BCUT2D eigenvalue weighted by atomic mass is 9.74. The van der Waals surface area contributed by atoms with Gasteiger partial charge in [0, 0.05) is 26.6 Å². The number of nitrogens with zero attached hydrogens (tertiary/aromatic N) is 2. The van der Waals surface area contributed by atoms with Crippen LogP contribution in [-0.4, -0.2) is 39.2 Å². The van der Waals surface area contributed by atoms with Crippen LogP contribution in [0, 0.1) is 11.8 Å². The van der Waals surface area contributed by atoms with E-state index in [2.05, 4.69) is 16.9 Å². The third-order valence-corrected chi connectivity index (χ3v) is 4.05. The lowest BCUT2D eigenvalue weighted by molar-refractivity contribution is 0.266. The molecule has 0 spiro atoms. The van der Waals surface area contributed by atoms with E-state index in [1.807, 2.05) is 7.05 Å². The van der Waals surface area contributed by atoms with E-state index in [4.69, 9.17) is 7.85 Å². The van der Waals surface area contributed by atoms with Gasteiger partial charge >= 0.3 is 0 Å². The molecule has 0 aromatic rings. The molecule has 0 N–H and O–H groups in total. The van der Waals surface area contributed by atoms with Crippen LogP contribution in [0.4, 0.5) is 0 Å². The molecule has 0 aromatic heterocycles. The van der Waals surface area contributed by atoms with Crippen molar-refractivity contribution in [1.82, 2.24) is 4.90 Å². The van der Waals surface area contributed by atoms with Crippen LogP contribution in [0.25, 0.3) is 0 Å². The molecule has 3 atom stereocenters. The predicted molar refractivity (Wildman–Crippen MR) is 65.6 cm³/mol. The Kier molecular flexibility index (Phi) is 3.37. The molecule has 15 heavy (non-hydrogen) atoms. The molecule has 0 aromatic carbocycles. The summed E-state index contributed by atoms with van der Waals surface area (Å²) in [5, 5.41) is 0.